The number of H-pyrrole nitrogens is 1. The van der Waals surface area contributed by atoms with Gasteiger partial charge in [0.05, 0.1) is 35.5 Å². The number of hydrogen-bond donors (Lipinski definition) is 1. The van der Waals surface area contributed by atoms with Gasteiger partial charge in [-0.3, -0.25) is 14.9 Å². The maximum Gasteiger partial charge on any atom is 0.280 e. The second kappa shape index (κ2) is 8.88. The molecule has 3 aromatic carbocycles. The van der Waals surface area contributed by atoms with Crippen molar-refractivity contribution in [2.24, 2.45) is 4.99 Å². The first-order valence-corrected chi connectivity index (χ1v) is 10.3. The van der Waals surface area contributed by atoms with Gasteiger partial charge in [0.2, 0.25) is 0 Å². The minimum Gasteiger partial charge on any atom is -0.497 e. The van der Waals surface area contributed by atoms with Crippen molar-refractivity contribution < 1.29 is 4.74 Å². The number of aromatic nitrogens is 2. The molecule has 5 nitrogen and oxygen atoms in total. The number of rotatable bonds is 6. The lowest BCUT2D eigenvalue weighted by Gasteiger charge is -2.06. The van der Waals surface area contributed by atoms with E-state index in [1.54, 1.807) is 11.8 Å². The number of nitrogens with one attached hydrogen (secondary N) is 1. The number of aryl methyl sites for hydroxylation is 1. The van der Waals surface area contributed by atoms with Crippen LogP contribution in [0.1, 0.15) is 25.0 Å². The molecule has 0 aliphatic heterocycles. The van der Waals surface area contributed by atoms with Gasteiger partial charge in [-0.2, -0.15) is 0 Å². The monoisotopic (exact) mass is 411 g/mol. The van der Waals surface area contributed by atoms with Gasteiger partial charge in [-0.05, 0) is 61.4 Å². The summed E-state index contributed by atoms with van der Waals surface area (Å²) in [5, 5.41) is 3.30. The van der Waals surface area contributed by atoms with Gasteiger partial charge in [0.15, 0.2) is 0 Å². The summed E-state index contributed by atoms with van der Waals surface area (Å²) in [5.41, 5.74) is 5.51. The van der Waals surface area contributed by atoms with Crippen molar-refractivity contribution in [3.05, 3.63) is 100 Å². The first kappa shape index (κ1) is 20.4. The molecule has 4 aromatic rings. The SMILES string of the molecule is CCc1ccccc1N=C(C)c1c(-c2ccc(OC)cc2)[nH]n(-c2ccccc2)c1=O. The van der Waals surface area contributed by atoms with Crippen LogP contribution in [0.4, 0.5) is 5.69 Å². The van der Waals surface area contributed by atoms with Crippen LogP contribution in [0.2, 0.25) is 0 Å². The van der Waals surface area contributed by atoms with Crippen LogP contribution in [0.3, 0.4) is 0 Å². The van der Waals surface area contributed by atoms with Crippen LogP contribution >= 0.6 is 0 Å². The Kier molecular flexibility index (Phi) is 5.85. The summed E-state index contributed by atoms with van der Waals surface area (Å²) in [5.74, 6) is 0.761. The molecular formula is C26H25N3O2. The highest BCUT2D eigenvalue weighted by Crippen LogP contribution is 2.26. The minimum atomic E-state index is -0.132. The number of aliphatic imine (C=N–C) groups is 1. The van der Waals surface area contributed by atoms with E-state index in [0.717, 1.165) is 40.4 Å². The second-order valence-electron chi connectivity index (χ2n) is 7.25. The third kappa shape index (κ3) is 4.08. The molecule has 31 heavy (non-hydrogen) atoms. The van der Waals surface area contributed by atoms with E-state index in [0.29, 0.717) is 11.3 Å². The van der Waals surface area contributed by atoms with Crippen molar-refractivity contribution in [3.8, 4) is 22.7 Å². The van der Waals surface area contributed by atoms with Crippen molar-refractivity contribution in [2.75, 3.05) is 7.11 Å². The lowest BCUT2D eigenvalue weighted by molar-refractivity contribution is 0.415. The van der Waals surface area contributed by atoms with Crippen molar-refractivity contribution in [1.29, 1.82) is 0 Å². The molecule has 0 bridgehead atoms. The van der Waals surface area contributed by atoms with Gasteiger partial charge >= 0.3 is 0 Å². The minimum absolute atomic E-state index is 0.132. The molecule has 0 saturated carbocycles. The molecule has 0 amide bonds. The Bertz CT molecular complexity index is 1270. The molecule has 0 aliphatic carbocycles. The zero-order chi connectivity index (χ0) is 21.8. The third-order valence-corrected chi connectivity index (χ3v) is 5.31. The number of ether oxygens (including phenoxy) is 1. The molecule has 0 fully saturated rings. The summed E-state index contributed by atoms with van der Waals surface area (Å²) in [6, 6.07) is 25.2. The number of methoxy groups -OCH3 is 1. The summed E-state index contributed by atoms with van der Waals surface area (Å²) in [7, 11) is 1.64. The zero-order valence-corrected chi connectivity index (χ0v) is 17.9. The van der Waals surface area contributed by atoms with E-state index in [1.807, 2.05) is 79.7 Å². The summed E-state index contributed by atoms with van der Waals surface area (Å²) >= 11 is 0. The van der Waals surface area contributed by atoms with E-state index in [4.69, 9.17) is 9.73 Å². The molecule has 4 rings (SSSR count). The molecular weight excluding hydrogens is 386 g/mol. The van der Waals surface area contributed by atoms with Crippen molar-refractivity contribution >= 4 is 11.4 Å². The molecule has 1 N–H and O–H groups in total. The zero-order valence-electron chi connectivity index (χ0n) is 17.9. The average molecular weight is 412 g/mol. The third-order valence-electron chi connectivity index (χ3n) is 5.31. The van der Waals surface area contributed by atoms with E-state index in [9.17, 15) is 4.79 Å². The van der Waals surface area contributed by atoms with E-state index in [2.05, 4.69) is 18.1 Å². The average Bonchev–Trinajstić information content (AvgIpc) is 3.17. The highest BCUT2D eigenvalue weighted by molar-refractivity contribution is 6.05. The van der Waals surface area contributed by atoms with E-state index < -0.39 is 0 Å². The molecule has 0 radical (unpaired) electrons. The number of para-hydroxylation sites is 2. The van der Waals surface area contributed by atoms with Gasteiger partial charge in [-0.25, -0.2) is 4.68 Å². The maximum absolute atomic E-state index is 13.5. The highest BCUT2D eigenvalue weighted by atomic mass is 16.5. The van der Waals surface area contributed by atoms with Crippen molar-refractivity contribution in [2.45, 2.75) is 20.3 Å². The molecule has 5 heteroatoms. The predicted octanol–water partition coefficient (Wildman–Crippen LogP) is 5.54. The van der Waals surface area contributed by atoms with Crippen LogP contribution in [0.5, 0.6) is 5.75 Å². The second-order valence-corrected chi connectivity index (χ2v) is 7.25. The number of aromatic amines is 1. The molecule has 1 aromatic heterocycles. The Balaban J connectivity index is 1.91. The molecule has 1 heterocycles. The van der Waals surface area contributed by atoms with Crippen LogP contribution in [-0.4, -0.2) is 22.6 Å². The molecule has 0 aliphatic rings. The summed E-state index contributed by atoms with van der Waals surface area (Å²) in [6.07, 6.45) is 0.875. The molecule has 0 saturated heterocycles. The topological polar surface area (TPSA) is 59.4 Å². The normalized spacial score (nSPS) is 11.5. The summed E-state index contributed by atoms with van der Waals surface area (Å²) in [6.45, 7) is 3.99. The Hall–Kier alpha value is -3.86. The van der Waals surface area contributed by atoms with Gasteiger partial charge < -0.3 is 4.74 Å². The lowest BCUT2D eigenvalue weighted by Crippen LogP contribution is -2.19. The molecule has 0 unspecified atom stereocenters. The first-order chi connectivity index (χ1) is 15.1. The Labute approximate surface area is 181 Å². The van der Waals surface area contributed by atoms with Crippen LogP contribution in [0.15, 0.2) is 88.6 Å². The summed E-state index contributed by atoms with van der Waals surface area (Å²) in [4.78, 5) is 18.3. The van der Waals surface area contributed by atoms with Gasteiger partial charge in [0, 0.05) is 5.56 Å². The maximum atomic E-state index is 13.5. The van der Waals surface area contributed by atoms with Crippen LogP contribution in [0.25, 0.3) is 16.9 Å². The Morgan fingerprint density at radius 3 is 2.32 bits per heavy atom. The lowest BCUT2D eigenvalue weighted by atomic mass is 10.0. The quantitative estimate of drug-likeness (QED) is 0.423. The van der Waals surface area contributed by atoms with Gasteiger partial charge in [-0.15, -0.1) is 0 Å². The molecule has 0 spiro atoms. The fourth-order valence-electron chi connectivity index (χ4n) is 3.65. The standard InChI is InChI=1S/C26H25N3O2/c1-4-19-10-8-9-13-23(19)27-18(2)24-25(20-14-16-22(31-3)17-15-20)28-29(26(24)30)21-11-6-5-7-12-21/h5-17,28H,4H2,1-3H3. The predicted molar refractivity (Wildman–Crippen MR) is 126 cm³/mol. The fourth-order valence-corrected chi connectivity index (χ4v) is 3.65. The number of nitrogens with zero attached hydrogens (tertiary/aromatic N) is 2. The summed E-state index contributed by atoms with van der Waals surface area (Å²) < 4.78 is 6.85. The van der Waals surface area contributed by atoms with Crippen molar-refractivity contribution in [3.63, 3.8) is 0 Å². The van der Waals surface area contributed by atoms with Crippen LogP contribution < -0.4 is 10.3 Å². The Morgan fingerprint density at radius 1 is 0.968 bits per heavy atom. The first-order valence-electron chi connectivity index (χ1n) is 10.3. The van der Waals surface area contributed by atoms with Crippen LogP contribution in [-0.2, 0) is 6.42 Å². The molecule has 0 atom stereocenters. The number of hydrogen-bond acceptors (Lipinski definition) is 3. The number of benzene rings is 3. The van der Waals surface area contributed by atoms with Gasteiger partial charge in [0.25, 0.3) is 5.56 Å². The van der Waals surface area contributed by atoms with Crippen LogP contribution in [0, 0.1) is 0 Å². The van der Waals surface area contributed by atoms with E-state index in [-0.39, 0.29) is 5.56 Å². The smallest absolute Gasteiger partial charge is 0.280 e. The van der Waals surface area contributed by atoms with Gasteiger partial charge in [-0.1, -0.05) is 43.3 Å². The molecule has 156 valence electrons. The Morgan fingerprint density at radius 2 is 1.65 bits per heavy atom. The highest BCUT2D eigenvalue weighted by Gasteiger charge is 2.19. The van der Waals surface area contributed by atoms with Gasteiger partial charge in [0.1, 0.15) is 5.75 Å². The van der Waals surface area contributed by atoms with Crippen molar-refractivity contribution in [1.82, 2.24) is 9.78 Å². The van der Waals surface area contributed by atoms with E-state index >= 15 is 0 Å². The fraction of sp³-hybridized carbons (Fsp3) is 0.154. The largest absolute Gasteiger partial charge is 0.497 e. The van der Waals surface area contributed by atoms with E-state index in [1.165, 1.54) is 0 Å².